The third-order valence-electron chi connectivity index (χ3n) is 9.11. The van der Waals surface area contributed by atoms with Crippen molar-refractivity contribution in [3.63, 3.8) is 0 Å². The Balaban J connectivity index is 1.31. The maximum absolute atomic E-state index is 14.3. The Morgan fingerprint density at radius 2 is 1.53 bits per heavy atom. The van der Waals surface area contributed by atoms with Gasteiger partial charge in [-0.3, -0.25) is 9.59 Å². The van der Waals surface area contributed by atoms with Gasteiger partial charge in [-0.25, -0.2) is 0 Å². The Morgan fingerprint density at radius 3 is 2.24 bits per heavy atom. The molecule has 1 N–H and O–H groups in total. The molecule has 0 saturated carbocycles. The average Bonchev–Trinajstić information content (AvgIpc) is 3.69. The molecule has 0 fully saturated rings. The van der Waals surface area contributed by atoms with Gasteiger partial charge in [0.25, 0.3) is 0 Å². The summed E-state index contributed by atoms with van der Waals surface area (Å²) in [5.74, 6) is -0.616. The van der Waals surface area contributed by atoms with Crippen molar-refractivity contribution in [1.29, 1.82) is 0 Å². The molecule has 4 aromatic rings. The number of nitrogens with one attached hydrogen (secondary N) is 1. The first kappa shape index (κ1) is 28.6. The fraction of sp³-hybridized carbons (Fsp3) is 0.278. The number of benzene rings is 4. The highest BCUT2D eigenvalue weighted by atomic mass is 16.7. The van der Waals surface area contributed by atoms with E-state index in [4.69, 9.17) is 28.4 Å². The van der Waals surface area contributed by atoms with Crippen LogP contribution in [0.2, 0.25) is 0 Å². The monoisotopic (exact) mass is 607 g/mol. The lowest BCUT2D eigenvalue weighted by Crippen LogP contribution is -2.43. The van der Waals surface area contributed by atoms with E-state index in [1.165, 1.54) is 50.7 Å². The third kappa shape index (κ3) is 4.70. The third-order valence-corrected chi connectivity index (χ3v) is 9.11. The molecule has 1 aliphatic heterocycles. The Hall–Kier alpha value is -5.18. The number of methoxy groups -OCH3 is 4. The molecule has 2 aliphatic carbocycles. The zero-order valence-electron chi connectivity index (χ0n) is 25.5. The normalized spacial score (nSPS) is 18.8. The average molecular weight is 608 g/mol. The highest BCUT2D eigenvalue weighted by molar-refractivity contribution is 6.05. The SMILES string of the molecule is COC(=O)[C@@H]1C(CNc2ccc3c(c2)Cc2ccccc2-3)C(=O)c2cc3c(cc2[C@H]1c1cc(OC)c(OC)c(OC)c1)OCO3. The van der Waals surface area contributed by atoms with E-state index in [0.717, 1.165) is 12.1 Å². The fourth-order valence-electron chi connectivity index (χ4n) is 7.02. The van der Waals surface area contributed by atoms with Gasteiger partial charge in [0.2, 0.25) is 12.5 Å². The Labute approximate surface area is 261 Å². The minimum Gasteiger partial charge on any atom is -0.493 e. The quantitative estimate of drug-likeness (QED) is 0.218. The van der Waals surface area contributed by atoms with Crippen LogP contribution >= 0.6 is 0 Å². The lowest BCUT2D eigenvalue weighted by Gasteiger charge is -2.38. The summed E-state index contributed by atoms with van der Waals surface area (Å²) in [6.45, 7) is 0.258. The van der Waals surface area contributed by atoms with Gasteiger partial charge < -0.3 is 33.7 Å². The minimum absolute atomic E-state index is 0.0505. The van der Waals surface area contributed by atoms with Crippen LogP contribution < -0.4 is 29.0 Å². The van der Waals surface area contributed by atoms with Crippen LogP contribution in [0, 0.1) is 11.8 Å². The number of ether oxygens (including phenoxy) is 6. The number of anilines is 1. The van der Waals surface area contributed by atoms with E-state index in [2.05, 4.69) is 41.7 Å². The highest BCUT2D eigenvalue weighted by Crippen LogP contribution is 2.51. The fourth-order valence-corrected chi connectivity index (χ4v) is 7.02. The summed E-state index contributed by atoms with van der Waals surface area (Å²) in [7, 11) is 5.96. The van der Waals surface area contributed by atoms with Crippen molar-refractivity contribution in [3.05, 3.63) is 94.5 Å². The van der Waals surface area contributed by atoms with Crippen LogP contribution in [0.25, 0.3) is 11.1 Å². The molecule has 1 unspecified atom stereocenters. The summed E-state index contributed by atoms with van der Waals surface area (Å²) in [5.41, 5.74) is 7.65. The number of carbonyl (C=O) groups is 2. The number of rotatable bonds is 8. The second-order valence-electron chi connectivity index (χ2n) is 11.3. The van der Waals surface area contributed by atoms with Gasteiger partial charge in [-0.15, -0.1) is 0 Å². The van der Waals surface area contributed by atoms with Gasteiger partial charge in [0.05, 0.1) is 40.3 Å². The molecule has 0 spiro atoms. The minimum atomic E-state index is -0.871. The first-order chi connectivity index (χ1) is 21.9. The number of ketones is 1. The summed E-state index contributed by atoms with van der Waals surface area (Å²) in [5, 5.41) is 3.47. The van der Waals surface area contributed by atoms with Gasteiger partial charge in [0.15, 0.2) is 28.8 Å². The van der Waals surface area contributed by atoms with Crippen LogP contribution in [-0.2, 0) is 16.0 Å². The number of carbonyl (C=O) groups excluding carboxylic acids is 2. The molecule has 0 aromatic heterocycles. The molecule has 9 nitrogen and oxygen atoms in total. The van der Waals surface area contributed by atoms with E-state index in [-0.39, 0.29) is 19.1 Å². The van der Waals surface area contributed by atoms with Crippen molar-refractivity contribution in [1.82, 2.24) is 0 Å². The molecular weight excluding hydrogens is 574 g/mol. The predicted molar refractivity (Wildman–Crippen MR) is 167 cm³/mol. The van der Waals surface area contributed by atoms with E-state index in [1.807, 2.05) is 18.2 Å². The van der Waals surface area contributed by atoms with Crippen molar-refractivity contribution >= 4 is 17.4 Å². The Morgan fingerprint density at radius 1 is 0.822 bits per heavy atom. The summed E-state index contributed by atoms with van der Waals surface area (Å²) in [6.07, 6.45) is 0.845. The molecule has 4 aromatic carbocycles. The molecule has 0 amide bonds. The molecule has 7 rings (SSSR count). The summed E-state index contributed by atoms with van der Waals surface area (Å²) in [6, 6.07) is 21.8. The molecule has 0 saturated heterocycles. The molecule has 9 heteroatoms. The Kier molecular flexibility index (Phi) is 7.23. The van der Waals surface area contributed by atoms with Gasteiger partial charge in [0, 0.05) is 23.7 Å². The molecule has 3 aliphatic rings. The van der Waals surface area contributed by atoms with Gasteiger partial charge in [-0.2, -0.15) is 0 Å². The van der Waals surface area contributed by atoms with Gasteiger partial charge >= 0.3 is 5.97 Å². The summed E-state index contributed by atoms with van der Waals surface area (Å²) >= 11 is 0. The molecule has 0 bridgehead atoms. The molecule has 0 radical (unpaired) electrons. The second-order valence-corrected chi connectivity index (χ2v) is 11.3. The topological polar surface area (TPSA) is 102 Å². The van der Waals surface area contributed by atoms with E-state index in [9.17, 15) is 9.59 Å². The zero-order chi connectivity index (χ0) is 31.2. The van der Waals surface area contributed by atoms with Crippen molar-refractivity contribution in [3.8, 4) is 39.9 Å². The van der Waals surface area contributed by atoms with Crippen molar-refractivity contribution in [2.45, 2.75) is 12.3 Å². The largest absolute Gasteiger partial charge is 0.493 e. The van der Waals surface area contributed by atoms with Crippen LogP contribution in [0.1, 0.15) is 38.5 Å². The lowest BCUT2D eigenvalue weighted by molar-refractivity contribution is -0.147. The first-order valence-corrected chi connectivity index (χ1v) is 14.8. The van der Waals surface area contributed by atoms with Crippen LogP contribution in [-0.4, -0.2) is 53.5 Å². The van der Waals surface area contributed by atoms with E-state index < -0.39 is 23.7 Å². The Bertz CT molecular complexity index is 1810. The van der Waals surface area contributed by atoms with Crippen LogP contribution in [0.3, 0.4) is 0 Å². The summed E-state index contributed by atoms with van der Waals surface area (Å²) in [4.78, 5) is 28.0. The van der Waals surface area contributed by atoms with E-state index in [0.29, 0.717) is 45.4 Å². The van der Waals surface area contributed by atoms with Crippen LogP contribution in [0.4, 0.5) is 5.69 Å². The van der Waals surface area contributed by atoms with Crippen molar-refractivity contribution < 1.29 is 38.0 Å². The van der Waals surface area contributed by atoms with Crippen LogP contribution in [0.15, 0.2) is 66.7 Å². The number of fused-ring (bicyclic) bond motifs is 5. The van der Waals surface area contributed by atoms with Crippen molar-refractivity contribution in [2.75, 3.05) is 47.1 Å². The molecule has 45 heavy (non-hydrogen) atoms. The number of hydrogen-bond acceptors (Lipinski definition) is 9. The van der Waals surface area contributed by atoms with Gasteiger partial charge in [0.1, 0.15) is 0 Å². The highest BCUT2D eigenvalue weighted by Gasteiger charge is 2.48. The van der Waals surface area contributed by atoms with Gasteiger partial charge in [-0.1, -0.05) is 30.3 Å². The smallest absolute Gasteiger partial charge is 0.310 e. The summed E-state index contributed by atoms with van der Waals surface area (Å²) < 4.78 is 33.6. The van der Waals surface area contributed by atoms with E-state index in [1.54, 1.807) is 12.1 Å². The standard InChI is InChI=1S/C36H33NO8/c1-40-30-13-21(14-31(41-2)35(30)42-3)32-25-15-28-29(45-18-44-28)16-26(25)34(38)27(33(32)36(39)43-4)17-37-22-9-10-24-20(12-22)11-19-7-5-6-8-23(19)24/h5-10,12-16,27,32-33,37H,11,17-18H2,1-4H3/t27?,32-,33-/m1/s1. The van der Waals surface area contributed by atoms with Gasteiger partial charge in [-0.05, 0) is 76.2 Å². The second kappa shape index (κ2) is 11.4. The van der Waals surface area contributed by atoms with E-state index >= 15 is 0 Å². The number of esters is 1. The lowest BCUT2D eigenvalue weighted by atomic mass is 9.65. The first-order valence-electron chi connectivity index (χ1n) is 14.8. The molecule has 230 valence electrons. The zero-order valence-corrected chi connectivity index (χ0v) is 25.5. The molecule has 1 heterocycles. The van der Waals surface area contributed by atoms with Crippen LogP contribution in [0.5, 0.6) is 28.7 Å². The maximum Gasteiger partial charge on any atom is 0.310 e. The number of Topliss-reactive ketones (excluding diaryl/α,β-unsaturated/α-hetero) is 1. The molecule has 3 atom stereocenters. The number of hydrogen-bond donors (Lipinski definition) is 1. The van der Waals surface area contributed by atoms with Crippen molar-refractivity contribution in [2.24, 2.45) is 11.8 Å². The predicted octanol–water partition coefficient (Wildman–Crippen LogP) is 5.86. The molecular formula is C36H33NO8. The maximum atomic E-state index is 14.3.